The van der Waals surface area contributed by atoms with Crippen LogP contribution in [0.1, 0.15) is 0 Å². The van der Waals surface area contributed by atoms with Gasteiger partial charge in [-0.05, 0) is 12.1 Å². The molecule has 2 aromatic carbocycles. The van der Waals surface area contributed by atoms with Crippen molar-refractivity contribution in [1.82, 2.24) is 9.49 Å². The van der Waals surface area contributed by atoms with Gasteiger partial charge in [-0.3, -0.25) is 0 Å². The Hall–Kier alpha value is -1.70. The zero-order valence-electron chi connectivity index (χ0n) is 8.47. The predicted octanol–water partition coefficient (Wildman–Crippen LogP) is 2.88. The fraction of sp³-hybridized carbons (Fsp3) is 0. The minimum absolute atomic E-state index is 0.904. The van der Waals surface area contributed by atoms with Crippen molar-refractivity contribution in [2.24, 2.45) is 0 Å². The number of hydrogen-bond donors (Lipinski definition) is 2. The molecule has 0 aliphatic carbocycles. The molecule has 0 radical (unpaired) electrons. The van der Waals surface area contributed by atoms with Gasteiger partial charge < -0.3 is 14.4 Å². The number of aromatic amines is 2. The topological polar surface area (TPSA) is 54.6 Å². The molecular formula is C12H10N2OP-. The lowest BCUT2D eigenvalue weighted by atomic mass is 10.1. The van der Waals surface area contributed by atoms with E-state index in [1.165, 1.54) is 0 Å². The summed E-state index contributed by atoms with van der Waals surface area (Å²) >= 11 is 0. The molecule has 0 aliphatic rings. The standard InChI is InChI=1S/C12H10N2OP/c15-16-13-11-7-3-1-5-9(11)10-6-2-4-8-12(10)14-16/h1-8,13-14H/q-1. The molecule has 0 spiro atoms. The van der Waals surface area contributed by atoms with Crippen LogP contribution in [-0.2, 0) is 0 Å². The van der Waals surface area contributed by atoms with Gasteiger partial charge in [0, 0.05) is 21.8 Å². The number of aromatic nitrogens is 2. The van der Waals surface area contributed by atoms with E-state index in [1.807, 2.05) is 48.5 Å². The number of para-hydroxylation sites is 2. The molecule has 1 aromatic heterocycles. The molecule has 1 heterocycles. The maximum atomic E-state index is 11.7. The summed E-state index contributed by atoms with van der Waals surface area (Å²) in [5.41, 5.74) is 1.81. The van der Waals surface area contributed by atoms with E-state index >= 15 is 0 Å². The third kappa shape index (κ3) is 1.51. The summed E-state index contributed by atoms with van der Waals surface area (Å²) in [6.45, 7) is 0. The van der Waals surface area contributed by atoms with Gasteiger partial charge in [-0.15, -0.1) is 0 Å². The van der Waals surface area contributed by atoms with E-state index in [4.69, 9.17) is 0 Å². The molecule has 4 heteroatoms. The van der Waals surface area contributed by atoms with Gasteiger partial charge in [0.05, 0.1) is 0 Å². The molecule has 3 nitrogen and oxygen atoms in total. The second-order valence-corrected chi connectivity index (χ2v) is 4.65. The Balaban J connectivity index is 2.66. The molecular weight excluding hydrogens is 219 g/mol. The molecule has 2 N–H and O–H groups in total. The van der Waals surface area contributed by atoms with E-state index in [-0.39, 0.29) is 0 Å². The highest BCUT2D eigenvalue weighted by Gasteiger charge is 1.96. The van der Waals surface area contributed by atoms with Crippen LogP contribution in [0.3, 0.4) is 0 Å². The van der Waals surface area contributed by atoms with Crippen LogP contribution >= 0.6 is 8.08 Å². The summed E-state index contributed by atoms with van der Waals surface area (Å²) < 4.78 is 5.93. The molecule has 80 valence electrons. The van der Waals surface area contributed by atoms with E-state index in [2.05, 4.69) is 9.49 Å². The average Bonchev–Trinajstić information content (AvgIpc) is 2.44. The monoisotopic (exact) mass is 229 g/mol. The van der Waals surface area contributed by atoms with Gasteiger partial charge in [0.2, 0.25) is 0 Å². The first-order valence-corrected chi connectivity index (χ1v) is 6.29. The molecule has 0 saturated carbocycles. The van der Waals surface area contributed by atoms with Crippen LogP contribution in [-0.4, -0.2) is 9.49 Å². The van der Waals surface area contributed by atoms with E-state index in [0.29, 0.717) is 0 Å². The highest BCUT2D eigenvalue weighted by molar-refractivity contribution is 7.33. The van der Waals surface area contributed by atoms with Crippen molar-refractivity contribution < 1.29 is 4.89 Å². The predicted molar refractivity (Wildman–Crippen MR) is 65.9 cm³/mol. The van der Waals surface area contributed by atoms with Crippen LogP contribution in [0, 0.1) is 0 Å². The van der Waals surface area contributed by atoms with Gasteiger partial charge in [0.25, 0.3) is 0 Å². The molecule has 0 fully saturated rings. The Morgan fingerprint density at radius 1 is 0.750 bits per heavy atom. The van der Waals surface area contributed by atoms with Crippen LogP contribution in [0.2, 0.25) is 0 Å². The highest BCUT2D eigenvalue weighted by Crippen LogP contribution is 2.23. The van der Waals surface area contributed by atoms with E-state index in [9.17, 15) is 4.89 Å². The smallest absolute Gasteiger partial charge is 0.0492 e. The quantitative estimate of drug-likeness (QED) is 0.611. The first kappa shape index (κ1) is 9.52. The maximum absolute atomic E-state index is 11.7. The normalized spacial score (nSPS) is 10.8. The average molecular weight is 229 g/mol. The Morgan fingerprint density at radius 2 is 1.19 bits per heavy atom. The van der Waals surface area contributed by atoms with Crippen LogP contribution in [0.5, 0.6) is 0 Å². The van der Waals surface area contributed by atoms with Crippen molar-refractivity contribution in [3.8, 4) is 0 Å². The van der Waals surface area contributed by atoms with E-state index in [1.54, 1.807) is 0 Å². The molecule has 0 aliphatic heterocycles. The largest absolute Gasteiger partial charge is 0.782 e. The Kier molecular flexibility index (Phi) is 2.21. The van der Waals surface area contributed by atoms with Gasteiger partial charge >= 0.3 is 0 Å². The van der Waals surface area contributed by atoms with Gasteiger partial charge in [-0.1, -0.05) is 44.5 Å². The van der Waals surface area contributed by atoms with Gasteiger partial charge in [0.15, 0.2) is 0 Å². The van der Waals surface area contributed by atoms with Crippen molar-refractivity contribution in [3.63, 3.8) is 0 Å². The molecule has 0 amide bonds. The fourth-order valence-corrected chi connectivity index (χ4v) is 2.76. The van der Waals surface area contributed by atoms with Gasteiger partial charge in [-0.2, -0.15) is 0 Å². The zero-order chi connectivity index (χ0) is 11.0. The van der Waals surface area contributed by atoms with Crippen LogP contribution < -0.4 is 4.89 Å². The summed E-state index contributed by atoms with van der Waals surface area (Å²) in [6, 6.07) is 15.8. The first-order chi connectivity index (χ1) is 7.84. The number of benzene rings is 2. The summed E-state index contributed by atoms with van der Waals surface area (Å²) in [4.78, 5) is 11.7. The van der Waals surface area contributed by atoms with Gasteiger partial charge in [0.1, 0.15) is 0 Å². The third-order valence-corrected chi connectivity index (χ3v) is 3.48. The molecule has 0 bridgehead atoms. The Bertz CT molecular complexity index is 633. The number of nitrogens with one attached hydrogen (secondary N) is 2. The molecule has 0 atom stereocenters. The molecule has 3 aromatic rings. The third-order valence-electron chi connectivity index (χ3n) is 2.59. The van der Waals surface area contributed by atoms with Crippen molar-refractivity contribution in [3.05, 3.63) is 48.5 Å². The second kappa shape index (κ2) is 3.71. The van der Waals surface area contributed by atoms with Crippen molar-refractivity contribution in [2.45, 2.75) is 0 Å². The number of fused-ring (bicyclic) bond motifs is 3. The lowest BCUT2D eigenvalue weighted by Gasteiger charge is -2.02. The maximum Gasteiger partial charge on any atom is 0.0492 e. The lowest BCUT2D eigenvalue weighted by molar-refractivity contribution is -0.154. The van der Waals surface area contributed by atoms with E-state index < -0.39 is 8.08 Å². The summed E-state index contributed by atoms with van der Waals surface area (Å²) in [5.74, 6) is 0. The Morgan fingerprint density at radius 3 is 1.69 bits per heavy atom. The van der Waals surface area contributed by atoms with Crippen LogP contribution in [0.15, 0.2) is 48.5 Å². The van der Waals surface area contributed by atoms with Crippen molar-refractivity contribution in [1.29, 1.82) is 0 Å². The lowest BCUT2D eigenvalue weighted by Crippen LogP contribution is -1.86. The Labute approximate surface area is 93.3 Å². The molecule has 0 saturated heterocycles. The molecule has 16 heavy (non-hydrogen) atoms. The molecule has 3 rings (SSSR count). The van der Waals surface area contributed by atoms with Crippen LogP contribution in [0.4, 0.5) is 0 Å². The number of hydrogen-bond acceptors (Lipinski definition) is 1. The number of H-pyrrole nitrogens is 2. The summed E-state index contributed by atoms with van der Waals surface area (Å²) in [7, 11) is -1.64. The van der Waals surface area contributed by atoms with Crippen molar-refractivity contribution in [2.75, 3.05) is 0 Å². The van der Waals surface area contributed by atoms with Crippen molar-refractivity contribution >= 4 is 29.9 Å². The SMILES string of the molecule is [O-]p1[nH]c2ccccc2c2ccccc2[nH]1. The summed E-state index contributed by atoms with van der Waals surface area (Å²) in [6.07, 6.45) is 0. The first-order valence-electron chi connectivity index (χ1n) is 5.03. The van der Waals surface area contributed by atoms with Crippen LogP contribution in [0.25, 0.3) is 21.8 Å². The fourth-order valence-electron chi connectivity index (χ4n) is 1.88. The minimum Gasteiger partial charge on any atom is -0.782 e. The summed E-state index contributed by atoms with van der Waals surface area (Å²) in [5, 5.41) is 2.15. The zero-order valence-corrected chi connectivity index (χ0v) is 9.37. The highest BCUT2D eigenvalue weighted by atomic mass is 31.1. The second-order valence-electron chi connectivity index (χ2n) is 3.61. The van der Waals surface area contributed by atoms with Gasteiger partial charge in [-0.25, -0.2) is 0 Å². The number of rotatable bonds is 0. The molecule has 0 unspecified atom stereocenters. The van der Waals surface area contributed by atoms with E-state index in [0.717, 1.165) is 21.8 Å². The minimum atomic E-state index is -1.64.